The molecule has 0 unspecified atom stereocenters. The molecule has 6 heteroatoms. The lowest BCUT2D eigenvalue weighted by molar-refractivity contribution is 0.102. The van der Waals surface area contributed by atoms with E-state index in [0.717, 1.165) is 11.3 Å². The first kappa shape index (κ1) is 14.3. The van der Waals surface area contributed by atoms with Crippen LogP contribution in [0.1, 0.15) is 15.9 Å². The molecule has 1 N–H and O–H groups in total. The number of benzene rings is 2. The third-order valence-corrected chi connectivity index (χ3v) is 3.38. The summed E-state index contributed by atoms with van der Waals surface area (Å²) in [5.41, 5.74) is 2.38. The zero-order chi connectivity index (χ0) is 15.4. The van der Waals surface area contributed by atoms with Gasteiger partial charge in [0.05, 0.1) is 6.54 Å². The molecule has 0 radical (unpaired) electrons. The van der Waals surface area contributed by atoms with E-state index in [4.69, 9.17) is 11.6 Å². The second-order valence-electron chi connectivity index (χ2n) is 4.75. The second-order valence-corrected chi connectivity index (χ2v) is 5.19. The van der Waals surface area contributed by atoms with Crippen molar-refractivity contribution >= 4 is 23.2 Å². The quantitative estimate of drug-likeness (QED) is 0.804. The van der Waals surface area contributed by atoms with Gasteiger partial charge in [0.25, 0.3) is 5.91 Å². The smallest absolute Gasteiger partial charge is 0.255 e. The Bertz CT molecular complexity index is 752. The molecule has 0 aliphatic heterocycles. The van der Waals surface area contributed by atoms with Crippen molar-refractivity contribution < 1.29 is 4.79 Å². The summed E-state index contributed by atoms with van der Waals surface area (Å²) >= 11 is 5.81. The van der Waals surface area contributed by atoms with Crippen molar-refractivity contribution in [1.82, 2.24) is 14.8 Å². The third kappa shape index (κ3) is 3.51. The summed E-state index contributed by atoms with van der Waals surface area (Å²) in [6.07, 6.45) is 3.16. The normalized spacial score (nSPS) is 10.4. The number of amides is 1. The third-order valence-electron chi connectivity index (χ3n) is 3.13. The van der Waals surface area contributed by atoms with Gasteiger partial charge in [-0.1, -0.05) is 23.7 Å². The van der Waals surface area contributed by atoms with E-state index in [1.807, 2.05) is 24.3 Å². The molecule has 0 aliphatic rings. The summed E-state index contributed by atoms with van der Waals surface area (Å²) in [6.45, 7) is 0.644. The van der Waals surface area contributed by atoms with E-state index in [-0.39, 0.29) is 5.91 Å². The number of aromatic nitrogens is 3. The molecule has 1 aromatic heterocycles. The fourth-order valence-electron chi connectivity index (χ4n) is 2.00. The number of nitrogens with one attached hydrogen (secondary N) is 1. The minimum atomic E-state index is -0.166. The van der Waals surface area contributed by atoms with Crippen LogP contribution in [0.3, 0.4) is 0 Å². The SMILES string of the molecule is O=C(Nc1ccc(Cn2cncn2)cc1)c1ccc(Cl)cc1. The largest absolute Gasteiger partial charge is 0.322 e. The lowest BCUT2D eigenvalue weighted by Gasteiger charge is -2.07. The minimum Gasteiger partial charge on any atom is -0.322 e. The summed E-state index contributed by atoms with van der Waals surface area (Å²) < 4.78 is 1.74. The Hall–Kier alpha value is -2.66. The lowest BCUT2D eigenvalue weighted by atomic mass is 10.2. The molecule has 2 aromatic carbocycles. The summed E-state index contributed by atoms with van der Waals surface area (Å²) in [7, 11) is 0. The molecule has 3 rings (SSSR count). The van der Waals surface area contributed by atoms with E-state index in [2.05, 4.69) is 15.4 Å². The molecule has 22 heavy (non-hydrogen) atoms. The van der Waals surface area contributed by atoms with E-state index in [1.54, 1.807) is 35.3 Å². The number of carbonyl (C=O) groups is 1. The predicted octanol–water partition coefficient (Wildman–Crippen LogP) is 3.23. The molecule has 0 atom stereocenters. The molecule has 0 saturated heterocycles. The molecular weight excluding hydrogens is 300 g/mol. The van der Waals surface area contributed by atoms with Crippen LogP contribution < -0.4 is 5.32 Å². The summed E-state index contributed by atoms with van der Waals surface area (Å²) in [5, 5.41) is 7.51. The van der Waals surface area contributed by atoms with Gasteiger partial charge in [-0.15, -0.1) is 0 Å². The van der Waals surface area contributed by atoms with Crippen molar-refractivity contribution in [1.29, 1.82) is 0 Å². The van der Waals surface area contributed by atoms with Crippen molar-refractivity contribution in [3.8, 4) is 0 Å². The van der Waals surface area contributed by atoms with Crippen molar-refractivity contribution in [2.75, 3.05) is 5.32 Å². The number of hydrogen-bond donors (Lipinski definition) is 1. The highest BCUT2D eigenvalue weighted by Crippen LogP contribution is 2.14. The standard InChI is InChI=1S/C16H13ClN4O/c17-14-5-3-13(4-6-14)16(22)20-15-7-1-12(2-8-15)9-21-11-18-10-19-21/h1-8,10-11H,9H2,(H,20,22). The average molecular weight is 313 g/mol. The van der Waals surface area contributed by atoms with Crippen LogP contribution >= 0.6 is 11.6 Å². The Morgan fingerprint density at radius 3 is 2.45 bits per heavy atom. The molecule has 5 nitrogen and oxygen atoms in total. The maximum atomic E-state index is 12.1. The van der Waals surface area contributed by atoms with Crippen molar-refractivity contribution in [3.05, 3.63) is 77.3 Å². The van der Waals surface area contributed by atoms with Gasteiger partial charge in [0, 0.05) is 16.3 Å². The Morgan fingerprint density at radius 1 is 1.09 bits per heavy atom. The number of carbonyl (C=O) groups excluding carboxylic acids is 1. The van der Waals surface area contributed by atoms with Crippen LogP contribution in [0.5, 0.6) is 0 Å². The maximum absolute atomic E-state index is 12.1. The van der Waals surface area contributed by atoms with Gasteiger partial charge in [0.15, 0.2) is 0 Å². The zero-order valence-electron chi connectivity index (χ0n) is 11.6. The molecule has 1 heterocycles. The van der Waals surface area contributed by atoms with Crippen LogP contribution in [0, 0.1) is 0 Å². The minimum absolute atomic E-state index is 0.166. The Morgan fingerprint density at radius 2 is 1.82 bits per heavy atom. The Balaban J connectivity index is 1.65. The van der Waals surface area contributed by atoms with Crippen LogP contribution in [0.4, 0.5) is 5.69 Å². The van der Waals surface area contributed by atoms with Crippen molar-refractivity contribution in [2.24, 2.45) is 0 Å². The molecule has 0 spiro atoms. The highest BCUT2D eigenvalue weighted by atomic mass is 35.5. The molecule has 0 fully saturated rings. The van der Waals surface area contributed by atoms with Crippen LogP contribution in [0.15, 0.2) is 61.2 Å². The van der Waals surface area contributed by atoms with Gasteiger partial charge in [0.1, 0.15) is 12.7 Å². The van der Waals surface area contributed by atoms with Crippen LogP contribution in [0.25, 0.3) is 0 Å². The zero-order valence-corrected chi connectivity index (χ0v) is 12.4. The van der Waals surface area contributed by atoms with Gasteiger partial charge < -0.3 is 5.32 Å². The molecule has 0 saturated carbocycles. The van der Waals surface area contributed by atoms with Gasteiger partial charge in [-0.3, -0.25) is 4.79 Å². The Labute approximate surface area is 132 Å². The van der Waals surface area contributed by atoms with Crippen LogP contribution in [-0.4, -0.2) is 20.7 Å². The number of anilines is 1. The summed E-state index contributed by atoms with van der Waals surface area (Å²) in [4.78, 5) is 16.0. The Kier molecular flexibility index (Phi) is 4.16. The molecule has 110 valence electrons. The second kappa shape index (κ2) is 6.41. The highest BCUT2D eigenvalue weighted by molar-refractivity contribution is 6.30. The molecule has 3 aromatic rings. The molecule has 0 aliphatic carbocycles. The predicted molar refractivity (Wildman–Crippen MR) is 85.0 cm³/mol. The molecular formula is C16H13ClN4O. The van der Waals surface area contributed by atoms with Gasteiger partial charge in [0.2, 0.25) is 0 Å². The fraction of sp³-hybridized carbons (Fsp3) is 0.0625. The average Bonchev–Trinajstić information content (AvgIpc) is 3.03. The van der Waals surface area contributed by atoms with Crippen LogP contribution in [0.2, 0.25) is 5.02 Å². The van der Waals surface area contributed by atoms with Crippen molar-refractivity contribution in [2.45, 2.75) is 6.54 Å². The fourth-order valence-corrected chi connectivity index (χ4v) is 2.13. The first-order valence-electron chi connectivity index (χ1n) is 6.69. The van der Waals surface area contributed by atoms with Gasteiger partial charge in [-0.05, 0) is 42.0 Å². The highest BCUT2D eigenvalue weighted by Gasteiger charge is 2.06. The summed E-state index contributed by atoms with van der Waals surface area (Å²) in [6, 6.07) is 14.4. The van der Waals surface area contributed by atoms with E-state index in [1.165, 1.54) is 6.33 Å². The van der Waals surface area contributed by atoms with E-state index in [9.17, 15) is 4.79 Å². The topological polar surface area (TPSA) is 59.8 Å². The van der Waals surface area contributed by atoms with Gasteiger partial charge in [-0.2, -0.15) is 5.10 Å². The molecule has 1 amide bonds. The first-order valence-corrected chi connectivity index (χ1v) is 7.07. The van der Waals surface area contributed by atoms with Crippen LogP contribution in [-0.2, 0) is 6.54 Å². The lowest BCUT2D eigenvalue weighted by Crippen LogP contribution is -2.11. The number of rotatable bonds is 4. The van der Waals surface area contributed by atoms with Gasteiger partial charge in [-0.25, -0.2) is 9.67 Å². The number of halogens is 1. The van der Waals surface area contributed by atoms with E-state index >= 15 is 0 Å². The first-order chi connectivity index (χ1) is 10.7. The van der Waals surface area contributed by atoms with Crippen molar-refractivity contribution in [3.63, 3.8) is 0 Å². The number of hydrogen-bond acceptors (Lipinski definition) is 3. The molecule has 0 bridgehead atoms. The van der Waals surface area contributed by atoms with E-state index in [0.29, 0.717) is 17.1 Å². The maximum Gasteiger partial charge on any atom is 0.255 e. The summed E-state index contributed by atoms with van der Waals surface area (Å²) in [5.74, 6) is -0.166. The van der Waals surface area contributed by atoms with E-state index < -0.39 is 0 Å². The van der Waals surface area contributed by atoms with Gasteiger partial charge >= 0.3 is 0 Å². The number of nitrogens with zero attached hydrogens (tertiary/aromatic N) is 3. The monoisotopic (exact) mass is 312 g/mol.